The van der Waals surface area contributed by atoms with Gasteiger partial charge in [0.15, 0.2) is 5.76 Å². The van der Waals surface area contributed by atoms with Gasteiger partial charge in [0.1, 0.15) is 23.1 Å². The monoisotopic (exact) mass is 216 g/mol. The van der Waals surface area contributed by atoms with E-state index >= 15 is 0 Å². The maximum atomic E-state index is 13.7. The van der Waals surface area contributed by atoms with Crippen LogP contribution in [0.1, 0.15) is 16.9 Å². The molecule has 3 nitrogen and oxygen atoms in total. The largest absolute Gasteiger partial charge is 0.360 e. The molecule has 80 valence electrons. The second kappa shape index (κ2) is 3.78. The molecule has 4 heteroatoms. The highest BCUT2D eigenvalue weighted by Gasteiger charge is 2.18. The number of nitriles is 1. The van der Waals surface area contributed by atoms with Crippen molar-refractivity contribution in [1.82, 2.24) is 5.16 Å². The van der Waals surface area contributed by atoms with Gasteiger partial charge in [-0.15, -0.1) is 0 Å². The highest BCUT2D eigenvalue weighted by Crippen LogP contribution is 2.29. The molecule has 0 bridgehead atoms. The molecule has 0 saturated carbocycles. The van der Waals surface area contributed by atoms with Crippen LogP contribution in [-0.4, -0.2) is 5.16 Å². The Labute approximate surface area is 92.1 Å². The maximum absolute atomic E-state index is 13.7. The Kier molecular flexibility index (Phi) is 2.45. The topological polar surface area (TPSA) is 49.8 Å². The van der Waals surface area contributed by atoms with E-state index in [2.05, 4.69) is 5.16 Å². The van der Waals surface area contributed by atoms with Crippen molar-refractivity contribution in [3.05, 3.63) is 40.9 Å². The summed E-state index contributed by atoms with van der Waals surface area (Å²) < 4.78 is 18.6. The molecule has 2 aromatic rings. The van der Waals surface area contributed by atoms with Crippen LogP contribution in [0.3, 0.4) is 0 Å². The number of hydrogen-bond acceptors (Lipinski definition) is 3. The Hall–Kier alpha value is -2.15. The number of benzene rings is 1. The van der Waals surface area contributed by atoms with Crippen LogP contribution in [0.5, 0.6) is 0 Å². The average molecular weight is 216 g/mol. The molecular weight excluding hydrogens is 207 g/mol. The zero-order valence-corrected chi connectivity index (χ0v) is 8.91. The molecule has 0 fully saturated rings. The summed E-state index contributed by atoms with van der Waals surface area (Å²) in [5, 5.41) is 12.7. The lowest BCUT2D eigenvalue weighted by molar-refractivity contribution is 0.399. The minimum Gasteiger partial charge on any atom is -0.360 e. The van der Waals surface area contributed by atoms with Crippen LogP contribution in [0.2, 0.25) is 0 Å². The molecule has 0 spiro atoms. The Balaban J connectivity index is 2.74. The highest BCUT2D eigenvalue weighted by molar-refractivity contribution is 5.70. The number of rotatable bonds is 1. The van der Waals surface area contributed by atoms with Crippen molar-refractivity contribution in [3.63, 3.8) is 0 Å². The van der Waals surface area contributed by atoms with Gasteiger partial charge in [-0.3, -0.25) is 0 Å². The van der Waals surface area contributed by atoms with Crippen LogP contribution in [0.4, 0.5) is 4.39 Å². The van der Waals surface area contributed by atoms with Crippen molar-refractivity contribution in [1.29, 1.82) is 5.26 Å². The summed E-state index contributed by atoms with van der Waals surface area (Å²) in [6.45, 7) is 3.40. The second-order valence-electron chi connectivity index (χ2n) is 3.51. The van der Waals surface area contributed by atoms with Gasteiger partial charge in [-0.2, -0.15) is 5.26 Å². The molecule has 0 unspecified atom stereocenters. The Morgan fingerprint density at radius 1 is 1.38 bits per heavy atom. The van der Waals surface area contributed by atoms with E-state index < -0.39 is 5.82 Å². The predicted molar refractivity (Wildman–Crippen MR) is 56.1 cm³/mol. The maximum Gasteiger partial charge on any atom is 0.152 e. The number of aromatic nitrogens is 1. The summed E-state index contributed by atoms with van der Waals surface area (Å²) in [4.78, 5) is 0. The van der Waals surface area contributed by atoms with E-state index in [4.69, 9.17) is 9.78 Å². The zero-order valence-electron chi connectivity index (χ0n) is 8.91. The number of nitrogens with zero attached hydrogens (tertiary/aromatic N) is 2. The lowest BCUT2D eigenvalue weighted by atomic mass is 10.0. The van der Waals surface area contributed by atoms with Crippen LogP contribution in [-0.2, 0) is 0 Å². The average Bonchev–Trinajstić information content (AvgIpc) is 2.59. The molecule has 1 aromatic carbocycles. The first-order chi connectivity index (χ1) is 7.65. The lowest BCUT2D eigenvalue weighted by Gasteiger charge is -2.03. The first-order valence-corrected chi connectivity index (χ1v) is 4.77. The fourth-order valence-electron chi connectivity index (χ4n) is 1.61. The molecule has 2 rings (SSSR count). The smallest absolute Gasteiger partial charge is 0.152 e. The van der Waals surface area contributed by atoms with Gasteiger partial charge >= 0.3 is 0 Å². The van der Waals surface area contributed by atoms with Gasteiger partial charge in [-0.25, -0.2) is 4.39 Å². The summed E-state index contributed by atoms with van der Waals surface area (Å²) in [6, 6.07) is 6.70. The van der Waals surface area contributed by atoms with Crippen molar-refractivity contribution >= 4 is 0 Å². The molecule has 16 heavy (non-hydrogen) atoms. The van der Waals surface area contributed by atoms with Crippen LogP contribution < -0.4 is 0 Å². The third kappa shape index (κ3) is 1.47. The van der Waals surface area contributed by atoms with Gasteiger partial charge in [0.2, 0.25) is 0 Å². The van der Waals surface area contributed by atoms with E-state index in [0.717, 1.165) is 5.56 Å². The van der Waals surface area contributed by atoms with Crippen molar-refractivity contribution < 1.29 is 8.91 Å². The Morgan fingerprint density at radius 2 is 2.12 bits per heavy atom. The first-order valence-electron chi connectivity index (χ1n) is 4.77. The Bertz CT molecular complexity index is 561. The summed E-state index contributed by atoms with van der Waals surface area (Å²) >= 11 is 0. The van der Waals surface area contributed by atoms with Gasteiger partial charge in [0, 0.05) is 5.56 Å². The van der Waals surface area contributed by atoms with Crippen LogP contribution in [0, 0.1) is 31.0 Å². The van der Waals surface area contributed by atoms with Crippen molar-refractivity contribution in [2.75, 3.05) is 0 Å². The van der Waals surface area contributed by atoms with E-state index in [1.807, 2.05) is 6.07 Å². The van der Waals surface area contributed by atoms with Gasteiger partial charge in [-0.05, 0) is 25.5 Å². The van der Waals surface area contributed by atoms with E-state index in [1.165, 1.54) is 6.07 Å². The molecule has 0 aliphatic carbocycles. The molecule has 0 radical (unpaired) electrons. The normalized spacial score (nSPS) is 10.1. The lowest BCUT2D eigenvalue weighted by Crippen LogP contribution is -1.91. The van der Waals surface area contributed by atoms with Gasteiger partial charge in [-0.1, -0.05) is 17.3 Å². The minimum atomic E-state index is -0.398. The van der Waals surface area contributed by atoms with Crippen LogP contribution >= 0.6 is 0 Å². The zero-order chi connectivity index (χ0) is 11.7. The van der Waals surface area contributed by atoms with E-state index in [0.29, 0.717) is 11.3 Å². The number of halogens is 1. The van der Waals surface area contributed by atoms with Gasteiger partial charge in [0.25, 0.3) is 0 Å². The standard InChI is InChI=1S/C12H9FN2O/c1-7-4-3-5-10(13)11(7)12-9(6-14)8(2)16-15-12/h3-5H,1-2H3. The summed E-state index contributed by atoms with van der Waals surface area (Å²) in [7, 11) is 0. The number of hydrogen-bond donors (Lipinski definition) is 0. The number of aryl methyl sites for hydroxylation is 2. The molecule has 0 aliphatic rings. The van der Waals surface area contributed by atoms with E-state index in [1.54, 1.807) is 26.0 Å². The molecule has 0 aliphatic heterocycles. The SMILES string of the molecule is Cc1cccc(F)c1-c1noc(C)c1C#N. The third-order valence-corrected chi connectivity index (χ3v) is 2.43. The van der Waals surface area contributed by atoms with E-state index in [-0.39, 0.29) is 11.3 Å². The fraction of sp³-hybridized carbons (Fsp3) is 0.167. The second-order valence-corrected chi connectivity index (χ2v) is 3.51. The molecule has 0 saturated heterocycles. The van der Waals surface area contributed by atoms with Crippen molar-refractivity contribution in [2.24, 2.45) is 0 Å². The predicted octanol–water partition coefficient (Wildman–Crippen LogP) is 2.97. The molecule has 0 atom stereocenters. The van der Waals surface area contributed by atoms with E-state index in [9.17, 15) is 4.39 Å². The molecule has 1 heterocycles. The summed E-state index contributed by atoms with van der Waals surface area (Å²) in [5.41, 5.74) is 1.62. The van der Waals surface area contributed by atoms with Crippen molar-refractivity contribution in [2.45, 2.75) is 13.8 Å². The molecule has 0 amide bonds. The minimum absolute atomic E-state index is 0.274. The van der Waals surface area contributed by atoms with Crippen LogP contribution in [0.15, 0.2) is 22.7 Å². The highest BCUT2D eigenvalue weighted by atomic mass is 19.1. The Morgan fingerprint density at radius 3 is 2.75 bits per heavy atom. The summed E-state index contributed by atoms with van der Waals surface area (Å²) in [5.74, 6) is 0.00459. The fourth-order valence-corrected chi connectivity index (χ4v) is 1.61. The van der Waals surface area contributed by atoms with Crippen LogP contribution in [0.25, 0.3) is 11.3 Å². The van der Waals surface area contributed by atoms with Gasteiger partial charge < -0.3 is 4.52 Å². The first kappa shape index (κ1) is 10.4. The van der Waals surface area contributed by atoms with Gasteiger partial charge in [0.05, 0.1) is 0 Å². The molecular formula is C12H9FN2O. The quantitative estimate of drug-likeness (QED) is 0.736. The van der Waals surface area contributed by atoms with Crippen molar-refractivity contribution in [3.8, 4) is 17.3 Å². The molecule has 1 aromatic heterocycles. The third-order valence-electron chi connectivity index (χ3n) is 2.43. The summed E-state index contributed by atoms with van der Waals surface area (Å²) in [6.07, 6.45) is 0. The molecule has 0 N–H and O–H groups in total.